The van der Waals surface area contributed by atoms with Gasteiger partial charge >= 0.3 is 0 Å². The number of hydrogen-bond acceptors (Lipinski definition) is 3. The quantitative estimate of drug-likeness (QED) is 0.727. The summed E-state index contributed by atoms with van der Waals surface area (Å²) in [5.41, 5.74) is 6.73. The summed E-state index contributed by atoms with van der Waals surface area (Å²) in [5, 5.41) is 3.09. The van der Waals surface area contributed by atoms with Gasteiger partial charge in [-0.25, -0.2) is 9.97 Å². The summed E-state index contributed by atoms with van der Waals surface area (Å²) in [6, 6.07) is 15.7. The number of hydrogen-bond donors (Lipinski definition) is 1. The van der Waals surface area contributed by atoms with Crippen LogP contribution < -0.4 is 5.32 Å². The predicted octanol–water partition coefficient (Wildman–Crippen LogP) is 4.84. The van der Waals surface area contributed by atoms with E-state index in [0.29, 0.717) is 5.56 Å². The van der Waals surface area contributed by atoms with Crippen molar-refractivity contribution < 1.29 is 4.79 Å². The van der Waals surface area contributed by atoms with Gasteiger partial charge in [-0.2, -0.15) is 0 Å². The number of fused-ring (bicyclic) bond motifs is 1. The second-order valence-electron chi connectivity index (χ2n) is 6.87. The molecule has 0 saturated carbocycles. The van der Waals surface area contributed by atoms with Crippen LogP contribution in [0.3, 0.4) is 0 Å². The van der Waals surface area contributed by atoms with Gasteiger partial charge in [0, 0.05) is 28.1 Å². The highest BCUT2D eigenvalue weighted by Gasteiger charge is 2.20. The number of benzene rings is 2. The van der Waals surface area contributed by atoms with Crippen LogP contribution in [0.15, 0.2) is 54.9 Å². The Kier molecular flexibility index (Phi) is 4.97. The van der Waals surface area contributed by atoms with Crippen LogP contribution >= 0.6 is 0 Å². The summed E-state index contributed by atoms with van der Waals surface area (Å²) in [7, 11) is 0. The number of aromatic nitrogens is 2. The Morgan fingerprint density at radius 2 is 1.78 bits per heavy atom. The van der Waals surface area contributed by atoms with E-state index in [4.69, 9.17) is 0 Å². The second-order valence-corrected chi connectivity index (χ2v) is 6.87. The summed E-state index contributed by atoms with van der Waals surface area (Å²) >= 11 is 0. The molecule has 27 heavy (non-hydrogen) atoms. The lowest BCUT2D eigenvalue weighted by Gasteiger charge is -2.19. The number of aryl methyl sites for hydroxylation is 2. The topological polar surface area (TPSA) is 54.9 Å². The number of carbonyl (C=O) groups excluding carboxylic acids is 1. The Labute approximate surface area is 159 Å². The van der Waals surface area contributed by atoms with Gasteiger partial charge < -0.3 is 5.32 Å². The van der Waals surface area contributed by atoms with Crippen LogP contribution in [0, 0.1) is 0 Å². The van der Waals surface area contributed by atoms with E-state index in [0.717, 1.165) is 53.9 Å². The van der Waals surface area contributed by atoms with Gasteiger partial charge in [-0.1, -0.05) is 43.3 Å². The predicted molar refractivity (Wildman–Crippen MR) is 108 cm³/mol. The van der Waals surface area contributed by atoms with Crippen LogP contribution in [-0.4, -0.2) is 15.9 Å². The van der Waals surface area contributed by atoms with Gasteiger partial charge in [0.25, 0.3) is 5.91 Å². The van der Waals surface area contributed by atoms with Gasteiger partial charge in [0.05, 0.1) is 5.69 Å². The molecule has 0 aliphatic heterocycles. The van der Waals surface area contributed by atoms with Crippen LogP contribution in [0.5, 0.6) is 0 Å². The first-order valence-electron chi connectivity index (χ1n) is 9.59. The second kappa shape index (κ2) is 7.70. The molecule has 1 heterocycles. The molecule has 1 aliphatic rings. The van der Waals surface area contributed by atoms with Crippen LogP contribution in [0.4, 0.5) is 5.69 Å². The number of anilines is 1. The van der Waals surface area contributed by atoms with E-state index in [2.05, 4.69) is 22.2 Å². The third-order valence-corrected chi connectivity index (χ3v) is 5.20. The molecule has 4 rings (SSSR count). The van der Waals surface area contributed by atoms with E-state index < -0.39 is 0 Å². The molecule has 0 saturated heterocycles. The van der Waals surface area contributed by atoms with Gasteiger partial charge in [-0.15, -0.1) is 0 Å². The summed E-state index contributed by atoms with van der Waals surface area (Å²) < 4.78 is 0. The monoisotopic (exact) mass is 357 g/mol. The van der Waals surface area contributed by atoms with Crippen LogP contribution in [-0.2, 0) is 19.3 Å². The summed E-state index contributed by atoms with van der Waals surface area (Å²) in [6.07, 6.45) is 6.77. The molecule has 4 heteroatoms. The zero-order valence-corrected chi connectivity index (χ0v) is 15.5. The average molecular weight is 357 g/mol. The molecular formula is C23H23N3O. The number of nitrogens with zero attached hydrogens (tertiary/aromatic N) is 2. The maximum atomic E-state index is 13.1. The zero-order valence-electron chi connectivity index (χ0n) is 15.5. The molecule has 0 fully saturated rings. The molecule has 136 valence electrons. The van der Waals surface area contributed by atoms with Crippen molar-refractivity contribution in [1.29, 1.82) is 0 Å². The van der Waals surface area contributed by atoms with Crippen molar-refractivity contribution in [1.82, 2.24) is 9.97 Å². The molecule has 2 aromatic carbocycles. The smallest absolute Gasteiger partial charge is 0.256 e. The lowest BCUT2D eigenvalue weighted by Crippen LogP contribution is -2.15. The van der Waals surface area contributed by atoms with Crippen molar-refractivity contribution >= 4 is 11.6 Å². The highest BCUT2D eigenvalue weighted by molar-refractivity contribution is 6.09. The Morgan fingerprint density at radius 3 is 2.67 bits per heavy atom. The fourth-order valence-electron chi connectivity index (χ4n) is 3.78. The molecule has 1 aliphatic carbocycles. The van der Waals surface area contributed by atoms with Crippen LogP contribution in [0.1, 0.15) is 46.9 Å². The molecule has 1 amide bonds. The highest BCUT2D eigenvalue weighted by atomic mass is 16.1. The fourth-order valence-corrected chi connectivity index (χ4v) is 3.78. The molecule has 0 atom stereocenters. The van der Waals surface area contributed by atoms with Gasteiger partial charge in [0.1, 0.15) is 6.33 Å². The third kappa shape index (κ3) is 3.47. The van der Waals surface area contributed by atoms with Crippen molar-refractivity contribution in [3.8, 4) is 11.3 Å². The van der Waals surface area contributed by atoms with Crippen molar-refractivity contribution in [2.45, 2.75) is 39.0 Å². The molecular weight excluding hydrogens is 334 g/mol. The zero-order chi connectivity index (χ0) is 18.6. The molecule has 0 radical (unpaired) electrons. The molecule has 0 unspecified atom stereocenters. The average Bonchev–Trinajstić information content (AvgIpc) is 2.73. The van der Waals surface area contributed by atoms with E-state index in [9.17, 15) is 4.79 Å². The van der Waals surface area contributed by atoms with E-state index in [1.54, 1.807) is 6.33 Å². The first kappa shape index (κ1) is 17.4. The van der Waals surface area contributed by atoms with Gasteiger partial charge in [-0.05, 0) is 49.8 Å². The Balaban J connectivity index is 1.73. The van der Waals surface area contributed by atoms with Crippen molar-refractivity contribution in [2.75, 3.05) is 5.32 Å². The number of amides is 1. The highest BCUT2D eigenvalue weighted by Crippen LogP contribution is 2.31. The fraction of sp³-hybridized carbons (Fsp3) is 0.261. The minimum atomic E-state index is -0.102. The van der Waals surface area contributed by atoms with Crippen LogP contribution in [0.2, 0.25) is 0 Å². The summed E-state index contributed by atoms with van der Waals surface area (Å²) in [5.74, 6) is -0.102. The Bertz CT molecular complexity index is 981. The number of carbonyl (C=O) groups is 1. The first-order chi connectivity index (χ1) is 13.3. The van der Waals surface area contributed by atoms with Crippen molar-refractivity contribution in [3.63, 3.8) is 0 Å². The van der Waals surface area contributed by atoms with Crippen molar-refractivity contribution in [2.24, 2.45) is 0 Å². The lowest BCUT2D eigenvalue weighted by molar-refractivity contribution is 0.102. The number of para-hydroxylation sites is 1. The van der Waals surface area contributed by atoms with E-state index in [1.807, 2.05) is 48.5 Å². The standard InChI is InChI=1S/C23H23N3O/c1-2-16-9-3-7-13-20(16)26-23(27)18-11-5-4-10-17(18)22-19-12-6-8-14-21(19)24-15-25-22/h3-5,7,9-11,13,15H,2,6,8,12,14H2,1H3,(H,26,27). The van der Waals surface area contributed by atoms with Gasteiger partial charge in [0.2, 0.25) is 0 Å². The lowest BCUT2D eigenvalue weighted by atomic mass is 9.90. The SMILES string of the molecule is CCc1ccccc1NC(=O)c1ccccc1-c1ncnc2c1CCCC2. The maximum Gasteiger partial charge on any atom is 0.256 e. The molecule has 1 N–H and O–H groups in total. The van der Waals surface area contributed by atoms with Crippen LogP contribution in [0.25, 0.3) is 11.3 Å². The molecule has 0 spiro atoms. The first-order valence-corrected chi connectivity index (χ1v) is 9.59. The third-order valence-electron chi connectivity index (χ3n) is 5.20. The molecule has 1 aromatic heterocycles. The minimum absolute atomic E-state index is 0.102. The maximum absolute atomic E-state index is 13.1. The Hall–Kier alpha value is -3.01. The Morgan fingerprint density at radius 1 is 1.00 bits per heavy atom. The number of nitrogens with one attached hydrogen (secondary N) is 1. The molecule has 3 aromatic rings. The molecule has 0 bridgehead atoms. The van der Waals surface area contributed by atoms with E-state index in [-0.39, 0.29) is 5.91 Å². The summed E-state index contributed by atoms with van der Waals surface area (Å²) in [4.78, 5) is 22.1. The minimum Gasteiger partial charge on any atom is -0.322 e. The molecule has 4 nitrogen and oxygen atoms in total. The van der Waals surface area contributed by atoms with E-state index in [1.165, 1.54) is 12.0 Å². The normalized spacial score (nSPS) is 13.1. The number of rotatable bonds is 4. The van der Waals surface area contributed by atoms with E-state index >= 15 is 0 Å². The van der Waals surface area contributed by atoms with Gasteiger partial charge in [-0.3, -0.25) is 4.79 Å². The van der Waals surface area contributed by atoms with Gasteiger partial charge in [0.15, 0.2) is 0 Å². The largest absolute Gasteiger partial charge is 0.322 e. The van der Waals surface area contributed by atoms with Crippen molar-refractivity contribution in [3.05, 3.63) is 77.2 Å². The summed E-state index contributed by atoms with van der Waals surface area (Å²) in [6.45, 7) is 2.09.